The average molecular weight is 409 g/mol. The van der Waals surface area contributed by atoms with Crippen LogP contribution in [0.25, 0.3) is 11.0 Å². The monoisotopic (exact) mass is 408 g/mol. The zero-order valence-corrected chi connectivity index (χ0v) is 17.4. The number of carbonyl (C=O) groups excluding carboxylic acids is 2. The Bertz CT molecular complexity index is 1040. The summed E-state index contributed by atoms with van der Waals surface area (Å²) in [5, 5.41) is 6.66. The van der Waals surface area contributed by atoms with Gasteiger partial charge in [-0.25, -0.2) is 0 Å². The van der Waals surface area contributed by atoms with E-state index in [4.69, 9.17) is 16.6 Å². The number of nitrogens with one attached hydrogen (secondary N) is 2. The van der Waals surface area contributed by atoms with Gasteiger partial charge >= 0.3 is 0 Å². The molecule has 0 saturated carbocycles. The number of ketones is 1. The summed E-state index contributed by atoms with van der Waals surface area (Å²) >= 11 is 5.24. The molecule has 0 radical (unpaired) electrons. The number of hydrogen-bond acceptors (Lipinski definition) is 4. The van der Waals surface area contributed by atoms with Crippen LogP contribution in [0.4, 0.5) is 5.69 Å². The highest BCUT2D eigenvalue weighted by atomic mass is 32.1. The van der Waals surface area contributed by atoms with Crippen LogP contribution in [0.1, 0.15) is 59.1 Å². The van der Waals surface area contributed by atoms with Crippen molar-refractivity contribution < 1.29 is 14.0 Å². The molecule has 0 spiro atoms. The van der Waals surface area contributed by atoms with Crippen molar-refractivity contribution in [1.82, 2.24) is 5.32 Å². The van der Waals surface area contributed by atoms with Gasteiger partial charge in [0.25, 0.3) is 5.91 Å². The Balaban J connectivity index is 1.59. The Labute approximate surface area is 175 Å². The van der Waals surface area contributed by atoms with Gasteiger partial charge in [-0.15, -0.1) is 0 Å². The Morgan fingerprint density at radius 2 is 1.76 bits per heavy atom. The number of Topliss-reactive ketones (excluding diaryl/α,β-unsaturated/α-hetero) is 1. The largest absolute Gasteiger partial charge is 0.451 e. The first-order valence-corrected chi connectivity index (χ1v) is 10.1. The van der Waals surface area contributed by atoms with Crippen LogP contribution in [0.15, 0.2) is 52.9 Å². The standard InChI is InChI=1S/C23H24N2O3S/c1-3-4-5-9-19(26)16-11-13-17(14-12-16)24-23(29)25-22(27)21-15(2)18-8-6-7-10-20(18)28-21/h6-8,10-14H,3-5,9H2,1-2H3,(H2,24,25,27,29). The van der Waals surface area contributed by atoms with Gasteiger partial charge in [0, 0.05) is 28.6 Å². The summed E-state index contributed by atoms with van der Waals surface area (Å²) < 4.78 is 5.66. The van der Waals surface area contributed by atoms with E-state index in [1.165, 1.54) is 0 Å². The van der Waals surface area contributed by atoms with Crippen LogP contribution in [-0.4, -0.2) is 16.8 Å². The maximum atomic E-state index is 12.5. The van der Waals surface area contributed by atoms with Crippen LogP contribution in [0.2, 0.25) is 0 Å². The predicted octanol–water partition coefficient (Wildman–Crippen LogP) is 5.63. The molecular formula is C23H24N2O3S. The molecule has 0 bridgehead atoms. The molecular weight excluding hydrogens is 384 g/mol. The van der Waals surface area contributed by atoms with E-state index in [-0.39, 0.29) is 16.7 Å². The summed E-state index contributed by atoms with van der Waals surface area (Å²) in [6, 6.07) is 14.6. The number of unbranched alkanes of at least 4 members (excludes halogenated alkanes) is 2. The third-order valence-electron chi connectivity index (χ3n) is 4.75. The lowest BCUT2D eigenvalue weighted by molar-refractivity contribution is 0.0950. The lowest BCUT2D eigenvalue weighted by atomic mass is 10.0. The molecule has 2 N–H and O–H groups in total. The number of fused-ring (bicyclic) bond motifs is 1. The molecule has 0 aliphatic carbocycles. The fourth-order valence-corrected chi connectivity index (χ4v) is 3.34. The molecule has 5 nitrogen and oxygen atoms in total. The van der Waals surface area contributed by atoms with Gasteiger partial charge < -0.3 is 9.73 Å². The fourth-order valence-electron chi connectivity index (χ4n) is 3.13. The highest BCUT2D eigenvalue weighted by molar-refractivity contribution is 7.80. The van der Waals surface area contributed by atoms with E-state index >= 15 is 0 Å². The van der Waals surface area contributed by atoms with Crippen LogP contribution in [0.5, 0.6) is 0 Å². The van der Waals surface area contributed by atoms with Crippen LogP contribution < -0.4 is 10.6 Å². The second-order valence-corrected chi connectivity index (χ2v) is 7.33. The van der Waals surface area contributed by atoms with E-state index in [0.717, 1.165) is 30.2 Å². The molecule has 0 atom stereocenters. The number of hydrogen-bond donors (Lipinski definition) is 2. The van der Waals surface area contributed by atoms with E-state index in [0.29, 0.717) is 23.3 Å². The summed E-state index contributed by atoms with van der Waals surface area (Å²) in [5.74, 6) is -0.0245. The summed E-state index contributed by atoms with van der Waals surface area (Å²) in [5.41, 5.74) is 2.81. The van der Waals surface area contributed by atoms with Crippen molar-refractivity contribution in [3.05, 3.63) is 65.4 Å². The molecule has 0 unspecified atom stereocenters. The summed E-state index contributed by atoms with van der Waals surface area (Å²) in [4.78, 5) is 24.7. The normalized spacial score (nSPS) is 10.7. The van der Waals surface area contributed by atoms with Crippen molar-refractivity contribution in [2.45, 2.75) is 39.5 Å². The molecule has 6 heteroatoms. The molecule has 3 aromatic rings. The third-order valence-corrected chi connectivity index (χ3v) is 4.95. The number of amides is 1. The third kappa shape index (κ3) is 5.09. The Morgan fingerprint density at radius 1 is 1.03 bits per heavy atom. The lowest BCUT2D eigenvalue weighted by Crippen LogP contribution is -2.34. The Hall–Kier alpha value is -2.99. The molecule has 2 aromatic carbocycles. The zero-order valence-electron chi connectivity index (χ0n) is 16.6. The Kier molecular flexibility index (Phi) is 6.77. The first kappa shape index (κ1) is 20.7. The van der Waals surface area contributed by atoms with Gasteiger partial charge in [-0.05, 0) is 55.9 Å². The second-order valence-electron chi connectivity index (χ2n) is 6.92. The number of carbonyl (C=O) groups is 2. The van der Waals surface area contributed by atoms with Gasteiger partial charge in [0.2, 0.25) is 0 Å². The van der Waals surface area contributed by atoms with E-state index in [1.54, 1.807) is 24.3 Å². The predicted molar refractivity (Wildman–Crippen MR) is 120 cm³/mol. The van der Waals surface area contributed by atoms with Crippen molar-refractivity contribution in [3.8, 4) is 0 Å². The minimum Gasteiger partial charge on any atom is -0.451 e. The summed E-state index contributed by atoms with van der Waals surface area (Å²) in [6.07, 6.45) is 3.62. The van der Waals surface area contributed by atoms with Crippen molar-refractivity contribution in [3.63, 3.8) is 0 Å². The number of para-hydroxylation sites is 1. The van der Waals surface area contributed by atoms with Crippen LogP contribution >= 0.6 is 12.2 Å². The van der Waals surface area contributed by atoms with Gasteiger partial charge in [0.1, 0.15) is 5.58 Å². The van der Waals surface area contributed by atoms with Crippen LogP contribution in [-0.2, 0) is 0 Å². The quantitative estimate of drug-likeness (QED) is 0.301. The van der Waals surface area contributed by atoms with Gasteiger partial charge in [-0.1, -0.05) is 38.0 Å². The molecule has 0 saturated heterocycles. The molecule has 0 aliphatic heterocycles. The highest BCUT2D eigenvalue weighted by Crippen LogP contribution is 2.24. The molecule has 1 aromatic heterocycles. The summed E-state index contributed by atoms with van der Waals surface area (Å²) in [7, 11) is 0. The molecule has 3 rings (SSSR count). The van der Waals surface area contributed by atoms with Gasteiger partial charge in [-0.2, -0.15) is 0 Å². The zero-order chi connectivity index (χ0) is 20.8. The summed E-state index contributed by atoms with van der Waals surface area (Å²) in [6.45, 7) is 3.95. The molecule has 150 valence electrons. The molecule has 29 heavy (non-hydrogen) atoms. The number of rotatable bonds is 7. The number of anilines is 1. The van der Waals surface area contributed by atoms with Gasteiger partial charge in [-0.3, -0.25) is 14.9 Å². The number of aryl methyl sites for hydroxylation is 1. The lowest BCUT2D eigenvalue weighted by Gasteiger charge is -2.09. The van der Waals surface area contributed by atoms with Crippen molar-refractivity contribution in [2.75, 3.05) is 5.32 Å². The van der Waals surface area contributed by atoms with Crippen molar-refractivity contribution >= 4 is 45.7 Å². The molecule has 0 aliphatic rings. The first-order chi connectivity index (χ1) is 14.0. The topological polar surface area (TPSA) is 71.3 Å². The SMILES string of the molecule is CCCCCC(=O)c1ccc(NC(=S)NC(=O)c2oc3ccccc3c2C)cc1. The minimum absolute atomic E-state index is 0.140. The smallest absolute Gasteiger partial charge is 0.293 e. The number of thiocarbonyl (C=S) groups is 1. The van der Waals surface area contributed by atoms with Crippen LogP contribution in [0.3, 0.4) is 0 Å². The Morgan fingerprint density at radius 3 is 2.45 bits per heavy atom. The number of benzene rings is 2. The maximum Gasteiger partial charge on any atom is 0.293 e. The van der Waals surface area contributed by atoms with E-state index in [1.807, 2.05) is 31.2 Å². The molecule has 0 fully saturated rings. The highest BCUT2D eigenvalue weighted by Gasteiger charge is 2.18. The van der Waals surface area contributed by atoms with Crippen molar-refractivity contribution in [2.24, 2.45) is 0 Å². The average Bonchev–Trinajstić information content (AvgIpc) is 3.05. The van der Waals surface area contributed by atoms with E-state index in [9.17, 15) is 9.59 Å². The number of furan rings is 1. The maximum absolute atomic E-state index is 12.5. The van der Waals surface area contributed by atoms with Crippen LogP contribution in [0, 0.1) is 6.92 Å². The van der Waals surface area contributed by atoms with E-state index < -0.39 is 5.91 Å². The fraction of sp³-hybridized carbons (Fsp3) is 0.261. The minimum atomic E-state index is -0.404. The first-order valence-electron chi connectivity index (χ1n) is 9.73. The second kappa shape index (κ2) is 9.47. The van der Waals surface area contributed by atoms with E-state index in [2.05, 4.69) is 17.6 Å². The van der Waals surface area contributed by atoms with Crippen molar-refractivity contribution in [1.29, 1.82) is 0 Å². The molecule has 1 heterocycles. The van der Waals surface area contributed by atoms with Gasteiger partial charge in [0.15, 0.2) is 16.7 Å². The molecule has 1 amide bonds. The van der Waals surface area contributed by atoms with Gasteiger partial charge in [0.05, 0.1) is 0 Å².